The standard InChI is InChI=1S/C29H37F5OSi/c1-2-15-36-16-13-21(14-17-36)4-3-20-5-7-22(8-6-20)24-18-26(30)28(27(31)19-24)23-9-11-25(12-10-23)35-29(32,33)34/h9-12,18-22,36H,2-8,13-17H2,1H3/t20-,21?,22-,36?. The van der Waals surface area contributed by atoms with Gasteiger partial charge in [-0.15, -0.1) is 13.2 Å². The van der Waals surface area contributed by atoms with Crippen LogP contribution in [0.5, 0.6) is 5.75 Å². The minimum absolute atomic E-state index is 0.150. The Bertz CT molecular complexity index is 951. The fourth-order valence-corrected chi connectivity index (χ4v) is 9.97. The van der Waals surface area contributed by atoms with Crippen molar-refractivity contribution in [3.8, 4) is 16.9 Å². The maximum Gasteiger partial charge on any atom is 0.573 e. The highest BCUT2D eigenvalue weighted by Crippen LogP contribution is 2.41. The molecule has 1 nitrogen and oxygen atoms in total. The van der Waals surface area contributed by atoms with E-state index >= 15 is 0 Å². The summed E-state index contributed by atoms with van der Waals surface area (Å²) in [5.74, 6) is -0.00656. The van der Waals surface area contributed by atoms with Crippen LogP contribution in [-0.4, -0.2) is 15.2 Å². The highest BCUT2D eigenvalue weighted by atomic mass is 28.3. The molecule has 2 aromatic rings. The predicted octanol–water partition coefficient (Wildman–Crippen LogP) is 9.63. The molecule has 1 saturated carbocycles. The lowest BCUT2D eigenvalue weighted by atomic mass is 9.76. The van der Waals surface area contributed by atoms with Crippen molar-refractivity contribution >= 4 is 8.80 Å². The van der Waals surface area contributed by atoms with Crippen LogP contribution in [0.3, 0.4) is 0 Å². The Hall–Kier alpha value is -1.89. The first-order chi connectivity index (χ1) is 17.2. The summed E-state index contributed by atoms with van der Waals surface area (Å²) in [6.07, 6.45) is 6.16. The Balaban J connectivity index is 1.30. The quantitative estimate of drug-likeness (QED) is 0.247. The first kappa shape index (κ1) is 27.1. The van der Waals surface area contributed by atoms with Gasteiger partial charge in [0.25, 0.3) is 0 Å². The van der Waals surface area contributed by atoms with E-state index in [1.807, 2.05) is 0 Å². The Morgan fingerprint density at radius 2 is 1.39 bits per heavy atom. The van der Waals surface area contributed by atoms with Gasteiger partial charge in [0, 0.05) is 8.80 Å². The lowest BCUT2D eigenvalue weighted by Gasteiger charge is -2.32. The summed E-state index contributed by atoms with van der Waals surface area (Å²) in [4.78, 5) is 0. The molecule has 2 aliphatic rings. The first-order valence-corrected chi connectivity index (χ1v) is 16.0. The van der Waals surface area contributed by atoms with Gasteiger partial charge in [-0.3, -0.25) is 0 Å². The molecule has 0 aromatic heterocycles. The first-order valence-electron chi connectivity index (χ1n) is 13.6. The molecule has 1 heterocycles. The highest BCUT2D eigenvalue weighted by molar-refractivity contribution is 6.58. The molecule has 0 amide bonds. The third kappa shape index (κ3) is 7.33. The van der Waals surface area contributed by atoms with E-state index in [9.17, 15) is 22.0 Å². The molecule has 0 N–H and O–H groups in total. The molecule has 36 heavy (non-hydrogen) atoms. The summed E-state index contributed by atoms with van der Waals surface area (Å²) in [6, 6.07) is 12.0. The summed E-state index contributed by atoms with van der Waals surface area (Å²) < 4.78 is 70.8. The number of halogens is 5. The summed E-state index contributed by atoms with van der Waals surface area (Å²) in [6.45, 7) is 2.31. The van der Waals surface area contributed by atoms with Crippen LogP contribution in [0.15, 0.2) is 36.4 Å². The van der Waals surface area contributed by atoms with Gasteiger partial charge in [0.1, 0.15) is 17.4 Å². The van der Waals surface area contributed by atoms with Crippen LogP contribution in [0.2, 0.25) is 18.1 Å². The van der Waals surface area contributed by atoms with Crippen LogP contribution in [0.4, 0.5) is 22.0 Å². The van der Waals surface area contributed by atoms with E-state index in [2.05, 4.69) is 11.7 Å². The molecule has 198 valence electrons. The highest BCUT2D eigenvalue weighted by Gasteiger charge is 2.31. The van der Waals surface area contributed by atoms with Gasteiger partial charge in [-0.05, 0) is 78.8 Å². The maximum absolute atomic E-state index is 15.0. The molecule has 0 unspecified atom stereocenters. The second-order valence-electron chi connectivity index (χ2n) is 10.9. The van der Waals surface area contributed by atoms with Crippen molar-refractivity contribution in [2.45, 2.75) is 95.1 Å². The van der Waals surface area contributed by atoms with Gasteiger partial charge in [0.05, 0.1) is 5.56 Å². The van der Waals surface area contributed by atoms with Gasteiger partial charge in [-0.25, -0.2) is 8.78 Å². The summed E-state index contributed by atoms with van der Waals surface area (Å²) in [7, 11) is -0.418. The van der Waals surface area contributed by atoms with E-state index in [1.165, 1.54) is 74.5 Å². The molecular formula is C29H37F5OSi. The second-order valence-corrected chi connectivity index (χ2v) is 14.4. The van der Waals surface area contributed by atoms with Crippen molar-refractivity contribution < 1.29 is 26.7 Å². The molecule has 0 bridgehead atoms. The lowest BCUT2D eigenvalue weighted by Crippen LogP contribution is -2.22. The molecule has 1 saturated heterocycles. The zero-order valence-electron chi connectivity index (χ0n) is 21.1. The molecule has 2 aromatic carbocycles. The van der Waals surface area contributed by atoms with E-state index in [-0.39, 0.29) is 17.0 Å². The zero-order valence-corrected chi connectivity index (χ0v) is 22.2. The average molecular weight is 525 g/mol. The van der Waals surface area contributed by atoms with Crippen molar-refractivity contribution in [3.63, 3.8) is 0 Å². The molecule has 0 radical (unpaired) electrons. The largest absolute Gasteiger partial charge is 0.573 e. The lowest BCUT2D eigenvalue weighted by molar-refractivity contribution is -0.274. The van der Waals surface area contributed by atoms with E-state index in [0.29, 0.717) is 5.56 Å². The molecule has 1 aliphatic heterocycles. The summed E-state index contributed by atoms with van der Waals surface area (Å²) in [5, 5.41) is 0. The third-order valence-electron chi connectivity index (χ3n) is 8.41. The van der Waals surface area contributed by atoms with Crippen LogP contribution >= 0.6 is 0 Å². The molecule has 2 fully saturated rings. The van der Waals surface area contributed by atoms with Crippen molar-refractivity contribution in [1.29, 1.82) is 0 Å². The minimum Gasteiger partial charge on any atom is -0.406 e. The summed E-state index contributed by atoms with van der Waals surface area (Å²) in [5.41, 5.74) is 0.646. The number of ether oxygens (including phenoxy) is 1. The maximum atomic E-state index is 15.0. The molecular weight excluding hydrogens is 487 g/mol. The van der Waals surface area contributed by atoms with Gasteiger partial charge in [0.15, 0.2) is 0 Å². The van der Waals surface area contributed by atoms with Gasteiger partial charge in [-0.2, -0.15) is 0 Å². The van der Waals surface area contributed by atoms with Gasteiger partial charge >= 0.3 is 6.36 Å². The van der Waals surface area contributed by atoms with Crippen LogP contribution < -0.4 is 4.74 Å². The van der Waals surface area contributed by atoms with Gasteiger partial charge < -0.3 is 4.74 Å². The van der Waals surface area contributed by atoms with E-state index in [1.54, 1.807) is 0 Å². The fraction of sp³-hybridized carbons (Fsp3) is 0.586. The number of hydrogen-bond donors (Lipinski definition) is 0. The number of benzene rings is 2. The zero-order chi connectivity index (χ0) is 25.7. The normalized spacial score (nSPS) is 25.1. The van der Waals surface area contributed by atoms with E-state index in [4.69, 9.17) is 0 Å². The van der Waals surface area contributed by atoms with E-state index in [0.717, 1.165) is 49.7 Å². The van der Waals surface area contributed by atoms with E-state index < -0.39 is 32.5 Å². The van der Waals surface area contributed by atoms with Crippen molar-refractivity contribution in [2.75, 3.05) is 0 Å². The van der Waals surface area contributed by atoms with Gasteiger partial charge in [0.2, 0.25) is 0 Å². The molecule has 0 atom stereocenters. The van der Waals surface area contributed by atoms with Crippen LogP contribution in [0.1, 0.15) is 76.2 Å². The topological polar surface area (TPSA) is 9.23 Å². The SMILES string of the molecule is CCC[SiH]1CCC(CC[C@H]2CC[C@H](c3cc(F)c(-c4ccc(OC(F)(F)F)cc4)c(F)c3)CC2)CC1. The number of alkyl halides is 3. The van der Waals surface area contributed by atoms with Crippen molar-refractivity contribution in [1.82, 2.24) is 0 Å². The Labute approximate surface area is 213 Å². The van der Waals surface area contributed by atoms with Crippen LogP contribution in [0, 0.1) is 23.5 Å². The molecule has 7 heteroatoms. The summed E-state index contributed by atoms with van der Waals surface area (Å²) >= 11 is 0. The Kier molecular flexibility index (Phi) is 9.13. The Morgan fingerprint density at radius 3 is 1.92 bits per heavy atom. The Morgan fingerprint density at radius 1 is 0.833 bits per heavy atom. The monoisotopic (exact) mass is 524 g/mol. The average Bonchev–Trinajstić information content (AvgIpc) is 2.84. The number of hydrogen-bond acceptors (Lipinski definition) is 1. The predicted molar refractivity (Wildman–Crippen MR) is 137 cm³/mol. The molecule has 0 spiro atoms. The van der Waals surface area contributed by atoms with Crippen LogP contribution in [0.25, 0.3) is 11.1 Å². The smallest absolute Gasteiger partial charge is 0.406 e. The molecule has 1 aliphatic carbocycles. The van der Waals surface area contributed by atoms with Crippen molar-refractivity contribution in [3.05, 3.63) is 53.6 Å². The molecule has 4 rings (SSSR count). The van der Waals surface area contributed by atoms with Crippen LogP contribution in [-0.2, 0) is 0 Å². The minimum atomic E-state index is -4.81. The fourth-order valence-electron chi connectivity index (χ4n) is 6.40. The second kappa shape index (κ2) is 12.1. The number of rotatable bonds is 8. The van der Waals surface area contributed by atoms with Gasteiger partial charge in [-0.1, -0.05) is 69.3 Å². The third-order valence-corrected chi connectivity index (χ3v) is 12.1. The van der Waals surface area contributed by atoms with Crippen molar-refractivity contribution in [2.24, 2.45) is 11.8 Å².